The Balaban J connectivity index is 1.38. The van der Waals surface area contributed by atoms with Crippen molar-refractivity contribution >= 4 is 45.2 Å². The predicted octanol–water partition coefficient (Wildman–Crippen LogP) is 4.59. The van der Waals surface area contributed by atoms with Crippen molar-refractivity contribution in [3.05, 3.63) is 87.9 Å². The molecule has 1 saturated heterocycles. The summed E-state index contributed by atoms with van der Waals surface area (Å²) in [4.78, 5) is 38.0. The third-order valence-corrected chi connectivity index (χ3v) is 7.02. The van der Waals surface area contributed by atoms with E-state index >= 15 is 0 Å². The lowest BCUT2D eigenvalue weighted by atomic mass is 10.1. The van der Waals surface area contributed by atoms with Gasteiger partial charge in [-0.25, -0.2) is 9.97 Å². The lowest BCUT2D eigenvalue weighted by molar-refractivity contribution is -0.111. The van der Waals surface area contributed by atoms with Crippen LogP contribution in [0, 0.1) is 6.92 Å². The van der Waals surface area contributed by atoms with Gasteiger partial charge in [-0.15, -0.1) is 0 Å². The van der Waals surface area contributed by atoms with Gasteiger partial charge in [0.15, 0.2) is 0 Å². The van der Waals surface area contributed by atoms with Crippen LogP contribution < -0.4 is 10.6 Å². The van der Waals surface area contributed by atoms with E-state index in [9.17, 15) is 9.59 Å². The Morgan fingerprint density at radius 1 is 1.03 bits per heavy atom. The molecule has 1 fully saturated rings. The SMILES string of the molecule is Cc1ccc(NC(=O)c2ccc(CN3CCCN(C)CC3)c(Br)c2)cc1NC(=O)C=Cc1cncnc1. The summed E-state index contributed by atoms with van der Waals surface area (Å²) >= 11 is 3.66. The molecule has 1 aliphatic rings. The van der Waals surface area contributed by atoms with Gasteiger partial charge in [0.25, 0.3) is 5.91 Å². The summed E-state index contributed by atoms with van der Waals surface area (Å²) in [5, 5.41) is 5.80. The van der Waals surface area contributed by atoms with E-state index < -0.39 is 0 Å². The largest absolute Gasteiger partial charge is 0.322 e. The number of amides is 2. The molecular weight excluding hydrogens is 532 g/mol. The van der Waals surface area contributed by atoms with Gasteiger partial charge in [-0.1, -0.05) is 28.1 Å². The number of benzene rings is 2. The molecule has 4 rings (SSSR count). The summed E-state index contributed by atoms with van der Waals surface area (Å²) in [6.45, 7) is 7.04. The molecule has 1 aromatic heterocycles. The fourth-order valence-corrected chi connectivity index (χ4v) is 4.60. The molecule has 0 saturated carbocycles. The second kappa shape index (κ2) is 12.7. The van der Waals surface area contributed by atoms with Crippen LogP contribution in [0.3, 0.4) is 0 Å². The molecule has 0 aliphatic carbocycles. The molecule has 2 N–H and O–H groups in total. The van der Waals surface area contributed by atoms with Crippen LogP contribution >= 0.6 is 15.9 Å². The third-order valence-electron chi connectivity index (χ3n) is 6.28. The van der Waals surface area contributed by atoms with Crippen LogP contribution in [0.1, 0.15) is 33.5 Å². The highest BCUT2D eigenvalue weighted by molar-refractivity contribution is 9.10. The molecule has 3 aromatic rings. The fourth-order valence-electron chi connectivity index (χ4n) is 4.10. The minimum Gasteiger partial charge on any atom is -0.322 e. The number of carbonyl (C=O) groups is 2. The number of aryl methyl sites for hydroxylation is 1. The maximum absolute atomic E-state index is 13.0. The van der Waals surface area contributed by atoms with Crippen LogP contribution in [0.25, 0.3) is 6.08 Å². The number of aromatic nitrogens is 2. The van der Waals surface area contributed by atoms with Gasteiger partial charge in [0.05, 0.1) is 0 Å². The van der Waals surface area contributed by atoms with Gasteiger partial charge in [-0.3, -0.25) is 14.5 Å². The molecule has 0 atom stereocenters. The zero-order chi connectivity index (χ0) is 26.2. The highest BCUT2D eigenvalue weighted by atomic mass is 79.9. The summed E-state index contributed by atoms with van der Waals surface area (Å²) < 4.78 is 0.921. The van der Waals surface area contributed by atoms with Crippen LogP contribution in [0.4, 0.5) is 11.4 Å². The van der Waals surface area contributed by atoms with Gasteiger partial charge in [-0.05, 0) is 75.0 Å². The second-order valence-electron chi connectivity index (χ2n) is 9.22. The Bertz CT molecular complexity index is 1280. The van der Waals surface area contributed by atoms with Crippen molar-refractivity contribution in [1.82, 2.24) is 19.8 Å². The van der Waals surface area contributed by atoms with E-state index in [1.54, 1.807) is 24.5 Å². The fraction of sp³-hybridized carbons (Fsp3) is 0.286. The molecule has 192 valence electrons. The minimum atomic E-state index is -0.286. The molecule has 0 bridgehead atoms. The second-order valence-corrected chi connectivity index (χ2v) is 10.1. The predicted molar refractivity (Wildman–Crippen MR) is 150 cm³/mol. The molecule has 2 heterocycles. The van der Waals surface area contributed by atoms with Crippen molar-refractivity contribution in [3.8, 4) is 0 Å². The average Bonchev–Trinajstić information content (AvgIpc) is 3.10. The minimum absolute atomic E-state index is 0.214. The summed E-state index contributed by atoms with van der Waals surface area (Å²) in [7, 11) is 2.16. The smallest absolute Gasteiger partial charge is 0.255 e. The van der Waals surface area contributed by atoms with Gasteiger partial charge in [0.2, 0.25) is 5.91 Å². The summed E-state index contributed by atoms with van der Waals surface area (Å²) in [6, 6.07) is 11.2. The van der Waals surface area contributed by atoms with Gasteiger partial charge in [0.1, 0.15) is 6.33 Å². The van der Waals surface area contributed by atoms with Gasteiger partial charge < -0.3 is 15.5 Å². The van der Waals surface area contributed by atoms with Gasteiger partial charge in [0, 0.05) is 65.1 Å². The number of nitrogens with zero attached hydrogens (tertiary/aromatic N) is 4. The summed E-state index contributed by atoms with van der Waals surface area (Å²) in [5.41, 5.74) is 4.56. The standard InChI is InChI=1S/C28H31BrN6O2/c1-20-4-8-24(15-26(20)33-27(36)9-5-21-16-30-19-31-17-21)32-28(37)22-6-7-23(25(29)14-22)18-35-11-3-10-34(2)12-13-35/h4-9,14-17,19H,3,10-13,18H2,1-2H3,(H,32,37)(H,33,36). The van der Waals surface area contributed by atoms with Crippen molar-refractivity contribution in [3.63, 3.8) is 0 Å². The number of anilines is 2. The highest BCUT2D eigenvalue weighted by Gasteiger charge is 2.15. The zero-order valence-electron chi connectivity index (χ0n) is 21.1. The van der Waals surface area contributed by atoms with Crippen LogP contribution in [-0.2, 0) is 11.3 Å². The molecule has 2 aromatic carbocycles. The van der Waals surface area contributed by atoms with E-state index in [4.69, 9.17) is 0 Å². The number of rotatable bonds is 7. The molecule has 8 nitrogen and oxygen atoms in total. The maximum atomic E-state index is 13.0. The Morgan fingerprint density at radius 3 is 2.62 bits per heavy atom. The monoisotopic (exact) mass is 562 g/mol. The van der Waals surface area contributed by atoms with Crippen molar-refractivity contribution in [2.75, 3.05) is 43.9 Å². The van der Waals surface area contributed by atoms with E-state index in [2.05, 4.69) is 53.4 Å². The Kier molecular flexibility index (Phi) is 9.16. The summed E-state index contributed by atoms with van der Waals surface area (Å²) in [5.74, 6) is -0.500. The first-order valence-electron chi connectivity index (χ1n) is 12.2. The van der Waals surface area contributed by atoms with Gasteiger partial charge >= 0.3 is 0 Å². The lowest BCUT2D eigenvalue weighted by Crippen LogP contribution is -2.28. The number of halogens is 1. The van der Waals surface area contributed by atoms with Crippen molar-refractivity contribution in [2.45, 2.75) is 19.9 Å². The first-order chi connectivity index (χ1) is 17.9. The average molecular weight is 564 g/mol. The Hall–Kier alpha value is -3.40. The number of nitrogens with one attached hydrogen (secondary N) is 2. The van der Waals surface area contributed by atoms with Crippen LogP contribution in [-0.4, -0.2) is 64.8 Å². The first kappa shape index (κ1) is 26.7. The van der Waals surface area contributed by atoms with E-state index in [1.165, 1.54) is 12.4 Å². The van der Waals surface area contributed by atoms with Crippen molar-refractivity contribution in [1.29, 1.82) is 0 Å². The number of hydrogen-bond donors (Lipinski definition) is 2. The van der Waals surface area contributed by atoms with E-state index in [1.807, 2.05) is 37.3 Å². The third kappa shape index (κ3) is 7.79. The van der Waals surface area contributed by atoms with E-state index in [0.717, 1.165) is 60.3 Å². The number of likely N-dealkylation sites (N-methyl/N-ethyl adjacent to an activating group) is 1. The van der Waals surface area contributed by atoms with Gasteiger partial charge in [-0.2, -0.15) is 0 Å². The van der Waals surface area contributed by atoms with Crippen molar-refractivity contribution < 1.29 is 9.59 Å². The number of carbonyl (C=O) groups excluding carboxylic acids is 2. The van der Waals surface area contributed by atoms with Crippen molar-refractivity contribution in [2.24, 2.45) is 0 Å². The molecule has 0 radical (unpaired) electrons. The highest BCUT2D eigenvalue weighted by Crippen LogP contribution is 2.24. The zero-order valence-corrected chi connectivity index (χ0v) is 22.7. The normalized spacial score (nSPS) is 14.9. The van der Waals surface area contributed by atoms with Crippen LogP contribution in [0.5, 0.6) is 0 Å². The van der Waals surface area contributed by atoms with E-state index in [-0.39, 0.29) is 11.8 Å². The van der Waals surface area contributed by atoms with Crippen LogP contribution in [0.15, 0.2) is 65.7 Å². The molecule has 9 heteroatoms. The molecule has 37 heavy (non-hydrogen) atoms. The Morgan fingerprint density at radius 2 is 1.84 bits per heavy atom. The van der Waals surface area contributed by atoms with E-state index in [0.29, 0.717) is 16.9 Å². The quantitative estimate of drug-likeness (QED) is 0.409. The first-order valence-corrected chi connectivity index (χ1v) is 13.0. The molecular formula is C28H31BrN6O2. The Labute approximate surface area is 225 Å². The maximum Gasteiger partial charge on any atom is 0.255 e. The topological polar surface area (TPSA) is 90.5 Å². The molecule has 2 amide bonds. The number of hydrogen-bond acceptors (Lipinski definition) is 6. The molecule has 0 spiro atoms. The lowest BCUT2D eigenvalue weighted by Gasteiger charge is -2.21. The molecule has 0 unspecified atom stereocenters. The van der Waals surface area contributed by atoms with Crippen LogP contribution in [0.2, 0.25) is 0 Å². The molecule has 1 aliphatic heterocycles. The summed E-state index contributed by atoms with van der Waals surface area (Å²) in [6.07, 6.45) is 8.90.